The number of nitrogens with zero attached hydrogens (tertiary/aromatic N) is 2. The Kier molecular flexibility index (Phi) is 10.6. The van der Waals surface area contributed by atoms with Crippen molar-refractivity contribution in [1.82, 2.24) is 15.2 Å². The van der Waals surface area contributed by atoms with Gasteiger partial charge in [0.25, 0.3) is 5.91 Å². The van der Waals surface area contributed by atoms with Gasteiger partial charge in [0.2, 0.25) is 11.8 Å². The number of benzene rings is 2. The Morgan fingerprint density at radius 3 is 2.09 bits per heavy atom. The average molecular weight is 476 g/mol. The molecule has 0 saturated heterocycles. The molecule has 0 bridgehead atoms. The van der Waals surface area contributed by atoms with E-state index in [9.17, 15) is 9.59 Å². The molecule has 186 valence electrons. The quantitative estimate of drug-likeness (QED) is 0.293. The lowest BCUT2D eigenvalue weighted by atomic mass is 9.90. The van der Waals surface area contributed by atoms with E-state index in [0.29, 0.717) is 19.0 Å². The first-order chi connectivity index (χ1) is 17.1. The van der Waals surface area contributed by atoms with Gasteiger partial charge in [-0.1, -0.05) is 100 Å². The smallest absolute Gasteiger partial charge is 0.273 e. The number of carbonyl (C=O) groups is 2. The minimum atomic E-state index is -0.421. The van der Waals surface area contributed by atoms with E-state index in [-0.39, 0.29) is 24.1 Å². The van der Waals surface area contributed by atoms with Crippen LogP contribution < -0.4 is 5.32 Å². The van der Waals surface area contributed by atoms with Gasteiger partial charge in [0.05, 0.1) is 12.5 Å². The highest BCUT2D eigenvalue weighted by Crippen LogP contribution is 2.28. The van der Waals surface area contributed by atoms with Crippen LogP contribution in [-0.2, 0) is 11.3 Å². The van der Waals surface area contributed by atoms with Crippen LogP contribution in [0.4, 0.5) is 0 Å². The molecule has 0 atom stereocenters. The monoisotopic (exact) mass is 475 g/mol. The van der Waals surface area contributed by atoms with E-state index in [4.69, 9.17) is 4.42 Å². The van der Waals surface area contributed by atoms with Crippen molar-refractivity contribution in [3.8, 4) is 0 Å². The van der Waals surface area contributed by atoms with Gasteiger partial charge in [-0.25, -0.2) is 4.98 Å². The third-order valence-electron chi connectivity index (χ3n) is 6.03. The fourth-order valence-electron chi connectivity index (χ4n) is 4.09. The highest BCUT2D eigenvalue weighted by molar-refractivity contribution is 5.92. The molecule has 0 aliphatic carbocycles. The summed E-state index contributed by atoms with van der Waals surface area (Å²) in [6.07, 6.45) is 7.47. The zero-order valence-electron chi connectivity index (χ0n) is 20.9. The summed E-state index contributed by atoms with van der Waals surface area (Å²) in [7, 11) is 0. The van der Waals surface area contributed by atoms with E-state index < -0.39 is 5.92 Å². The van der Waals surface area contributed by atoms with Crippen LogP contribution in [0.5, 0.6) is 0 Å². The van der Waals surface area contributed by atoms with Crippen LogP contribution in [0.1, 0.15) is 85.8 Å². The Labute approximate surface area is 208 Å². The molecule has 1 aromatic heterocycles. The lowest BCUT2D eigenvalue weighted by Crippen LogP contribution is -2.36. The molecule has 0 fully saturated rings. The van der Waals surface area contributed by atoms with Crippen molar-refractivity contribution in [2.75, 3.05) is 13.1 Å². The van der Waals surface area contributed by atoms with Gasteiger partial charge in [-0.3, -0.25) is 9.59 Å². The Morgan fingerprint density at radius 2 is 1.49 bits per heavy atom. The lowest BCUT2D eigenvalue weighted by molar-refractivity contribution is -0.132. The van der Waals surface area contributed by atoms with Gasteiger partial charge in [0.15, 0.2) is 5.69 Å². The molecule has 1 heterocycles. The molecule has 6 heteroatoms. The van der Waals surface area contributed by atoms with Crippen molar-refractivity contribution in [2.24, 2.45) is 0 Å². The van der Waals surface area contributed by atoms with E-state index in [1.165, 1.54) is 6.26 Å². The predicted octanol–water partition coefficient (Wildman–Crippen LogP) is 5.95. The first-order valence-electron chi connectivity index (χ1n) is 12.7. The topological polar surface area (TPSA) is 75.4 Å². The van der Waals surface area contributed by atoms with Crippen LogP contribution in [0.15, 0.2) is 71.3 Å². The largest absolute Gasteiger partial charge is 0.446 e. The van der Waals surface area contributed by atoms with Crippen molar-refractivity contribution < 1.29 is 14.0 Å². The summed E-state index contributed by atoms with van der Waals surface area (Å²) in [5.74, 6) is -0.294. The van der Waals surface area contributed by atoms with Crippen LogP contribution in [0.3, 0.4) is 0 Å². The fraction of sp³-hybridized carbons (Fsp3) is 0.414. The maximum absolute atomic E-state index is 14.0. The molecule has 0 aliphatic heterocycles. The van der Waals surface area contributed by atoms with Gasteiger partial charge in [0, 0.05) is 13.1 Å². The molecule has 3 aromatic rings. The SMILES string of the molecule is CCCCCNC(=O)c1coc(CN(CCCCC)C(=O)C(c2ccccc2)c2ccccc2)n1. The normalized spacial score (nSPS) is 10.9. The van der Waals surface area contributed by atoms with Crippen molar-refractivity contribution >= 4 is 11.8 Å². The van der Waals surface area contributed by atoms with Crippen LogP contribution in [0.2, 0.25) is 0 Å². The Bertz CT molecular complexity index is 994. The second-order valence-corrected chi connectivity index (χ2v) is 8.81. The number of oxazole rings is 1. The minimum Gasteiger partial charge on any atom is -0.446 e. The molecule has 2 amide bonds. The number of rotatable bonds is 14. The molecule has 0 spiro atoms. The molecule has 3 rings (SSSR count). The zero-order valence-corrected chi connectivity index (χ0v) is 20.9. The third-order valence-corrected chi connectivity index (χ3v) is 6.03. The summed E-state index contributed by atoms with van der Waals surface area (Å²) in [6, 6.07) is 19.7. The highest BCUT2D eigenvalue weighted by Gasteiger charge is 2.28. The van der Waals surface area contributed by atoms with Crippen LogP contribution in [0.25, 0.3) is 0 Å². The summed E-state index contributed by atoms with van der Waals surface area (Å²) in [6.45, 7) is 5.71. The van der Waals surface area contributed by atoms with E-state index in [1.54, 1.807) is 0 Å². The number of aromatic nitrogens is 1. The summed E-state index contributed by atoms with van der Waals surface area (Å²) in [5.41, 5.74) is 2.15. The first kappa shape index (κ1) is 26.2. The second-order valence-electron chi connectivity index (χ2n) is 8.81. The summed E-state index contributed by atoms with van der Waals surface area (Å²) in [4.78, 5) is 32.6. The molecule has 0 saturated carbocycles. The first-order valence-corrected chi connectivity index (χ1v) is 12.7. The number of nitrogens with one attached hydrogen (secondary N) is 1. The summed E-state index contributed by atoms with van der Waals surface area (Å²) in [5, 5.41) is 2.88. The molecule has 35 heavy (non-hydrogen) atoms. The van der Waals surface area contributed by atoms with E-state index in [0.717, 1.165) is 49.7 Å². The van der Waals surface area contributed by atoms with Crippen LogP contribution in [0, 0.1) is 0 Å². The lowest BCUT2D eigenvalue weighted by Gasteiger charge is -2.27. The average Bonchev–Trinajstić information content (AvgIpc) is 3.36. The van der Waals surface area contributed by atoms with Gasteiger partial charge in [-0.15, -0.1) is 0 Å². The van der Waals surface area contributed by atoms with E-state index in [1.807, 2.05) is 65.6 Å². The van der Waals surface area contributed by atoms with Gasteiger partial charge >= 0.3 is 0 Å². The van der Waals surface area contributed by atoms with Gasteiger partial charge in [-0.05, 0) is 24.0 Å². The number of unbranched alkanes of at least 4 members (excludes halogenated alkanes) is 4. The predicted molar refractivity (Wildman–Crippen MR) is 138 cm³/mol. The molecular weight excluding hydrogens is 438 g/mol. The Hall–Kier alpha value is -3.41. The second kappa shape index (κ2) is 14.1. The standard InChI is InChI=1S/C29H37N3O3/c1-3-5-13-19-30-28(33)25-22-35-26(31-25)21-32(20-14-6-4-2)29(34)27(23-15-9-7-10-16-23)24-17-11-8-12-18-24/h7-12,15-18,22,27H,3-6,13-14,19-21H2,1-2H3,(H,30,33). The number of carbonyl (C=O) groups excluding carboxylic acids is 2. The zero-order chi connectivity index (χ0) is 24.9. The van der Waals surface area contributed by atoms with Crippen molar-refractivity contribution in [1.29, 1.82) is 0 Å². The van der Waals surface area contributed by atoms with Crippen molar-refractivity contribution in [3.63, 3.8) is 0 Å². The molecular formula is C29H37N3O3. The third kappa shape index (κ3) is 7.81. The van der Waals surface area contributed by atoms with Crippen molar-refractivity contribution in [3.05, 3.63) is 89.6 Å². The van der Waals surface area contributed by atoms with E-state index >= 15 is 0 Å². The van der Waals surface area contributed by atoms with E-state index in [2.05, 4.69) is 24.1 Å². The van der Waals surface area contributed by atoms with Gasteiger partial charge in [0.1, 0.15) is 6.26 Å². The van der Waals surface area contributed by atoms with Gasteiger partial charge < -0.3 is 14.6 Å². The maximum atomic E-state index is 14.0. The minimum absolute atomic E-state index is 0.00210. The summed E-state index contributed by atoms with van der Waals surface area (Å²) >= 11 is 0. The number of amides is 2. The molecule has 6 nitrogen and oxygen atoms in total. The number of hydrogen-bond donors (Lipinski definition) is 1. The van der Waals surface area contributed by atoms with Crippen molar-refractivity contribution in [2.45, 2.75) is 64.8 Å². The van der Waals surface area contributed by atoms with Gasteiger partial charge in [-0.2, -0.15) is 0 Å². The highest BCUT2D eigenvalue weighted by atomic mass is 16.3. The molecule has 2 aromatic carbocycles. The fourth-order valence-corrected chi connectivity index (χ4v) is 4.09. The van der Waals surface area contributed by atoms with Crippen LogP contribution in [-0.4, -0.2) is 34.8 Å². The van der Waals surface area contributed by atoms with Crippen LogP contribution >= 0.6 is 0 Å². The summed E-state index contributed by atoms with van der Waals surface area (Å²) < 4.78 is 5.63. The molecule has 1 N–H and O–H groups in total. The molecule has 0 aliphatic rings. The number of hydrogen-bond acceptors (Lipinski definition) is 4. The molecule has 0 unspecified atom stereocenters. The maximum Gasteiger partial charge on any atom is 0.273 e. The Morgan fingerprint density at radius 1 is 0.886 bits per heavy atom. The Balaban J connectivity index is 1.79. The molecule has 0 radical (unpaired) electrons.